The topological polar surface area (TPSA) is 64.3 Å². The highest BCUT2D eigenvalue weighted by atomic mass is 32.1. The second kappa shape index (κ2) is 7.43. The summed E-state index contributed by atoms with van der Waals surface area (Å²) in [5, 5.41) is 8.56. The summed E-state index contributed by atoms with van der Waals surface area (Å²) in [6, 6.07) is 4.04. The molecule has 4 heterocycles. The third kappa shape index (κ3) is 3.39. The van der Waals surface area contributed by atoms with Crippen LogP contribution in [0.2, 0.25) is 0 Å². The molecule has 136 valence electrons. The van der Waals surface area contributed by atoms with Gasteiger partial charge in [-0.15, -0.1) is 22.7 Å². The zero-order valence-electron chi connectivity index (χ0n) is 14.3. The lowest BCUT2D eigenvalue weighted by atomic mass is 10.2. The van der Waals surface area contributed by atoms with Crippen molar-refractivity contribution in [2.45, 2.75) is 6.54 Å². The fourth-order valence-corrected chi connectivity index (χ4v) is 5.12. The summed E-state index contributed by atoms with van der Waals surface area (Å²) in [5.74, 6) is 0.728. The van der Waals surface area contributed by atoms with Crippen molar-refractivity contribution in [2.24, 2.45) is 0 Å². The fourth-order valence-electron chi connectivity index (χ4n) is 3.16. The summed E-state index contributed by atoms with van der Waals surface area (Å²) < 4.78 is 0. The first-order valence-electron chi connectivity index (χ1n) is 8.39. The summed E-state index contributed by atoms with van der Waals surface area (Å²) in [4.78, 5) is 26.7. The maximum absolute atomic E-state index is 12.7. The minimum absolute atomic E-state index is 0.0513. The predicted octanol–water partition coefficient (Wildman–Crippen LogP) is 2.33. The van der Waals surface area contributed by atoms with Gasteiger partial charge in [-0.25, -0.2) is 4.98 Å². The van der Waals surface area contributed by atoms with E-state index >= 15 is 0 Å². The van der Waals surface area contributed by atoms with E-state index in [-0.39, 0.29) is 5.56 Å². The van der Waals surface area contributed by atoms with Crippen LogP contribution in [-0.4, -0.2) is 58.1 Å². The SMILES string of the molecule is CNC(=S)N1CCN(Cc2nc3scc(-c4cccs4)c3c(=O)[nH]2)CC1. The minimum atomic E-state index is -0.0513. The highest BCUT2D eigenvalue weighted by Crippen LogP contribution is 2.33. The van der Waals surface area contributed by atoms with Crippen LogP contribution >= 0.6 is 34.9 Å². The molecule has 26 heavy (non-hydrogen) atoms. The summed E-state index contributed by atoms with van der Waals surface area (Å²) in [5.41, 5.74) is 0.930. The zero-order valence-corrected chi connectivity index (χ0v) is 16.8. The molecule has 0 amide bonds. The van der Waals surface area contributed by atoms with Gasteiger partial charge in [0.2, 0.25) is 0 Å². The van der Waals surface area contributed by atoms with Crippen LogP contribution in [0.5, 0.6) is 0 Å². The van der Waals surface area contributed by atoms with Gasteiger partial charge >= 0.3 is 0 Å². The Morgan fingerprint density at radius 2 is 2.15 bits per heavy atom. The first kappa shape index (κ1) is 17.6. The van der Waals surface area contributed by atoms with Gasteiger partial charge in [0.25, 0.3) is 5.56 Å². The number of aromatic nitrogens is 2. The van der Waals surface area contributed by atoms with E-state index in [0.717, 1.165) is 52.4 Å². The molecule has 1 aliphatic rings. The number of thiophene rings is 2. The lowest BCUT2D eigenvalue weighted by Crippen LogP contribution is -2.50. The monoisotopic (exact) mass is 405 g/mol. The lowest BCUT2D eigenvalue weighted by molar-refractivity contribution is 0.171. The van der Waals surface area contributed by atoms with Gasteiger partial charge in [0.1, 0.15) is 10.7 Å². The second-order valence-corrected chi connectivity index (χ2v) is 8.33. The van der Waals surface area contributed by atoms with Crippen molar-refractivity contribution in [3.05, 3.63) is 39.1 Å². The molecule has 0 radical (unpaired) electrons. The normalized spacial score (nSPS) is 15.5. The Morgan fingerprint density at radius 3 is 2.85 bits per heavy atom. The number of aromatic amines is 1. The van der Waals surface area contributed by atoms with Crippen molar-refractivity contribution in [1.82, 2.24) is 25.1 Å². The number of rotatable bonds is 3. The summed E-state index contributed by atoms with van der Waals surface area (Å²) >= 11 is 8.46. The Kier molecular flexibility index (Phi) is 5.03. The van der Waals surface area contributed by atoms with Gasteiger partial charge in [0, 0.05) is 49.0 Å². The summed E-state index contributed by atoms with van der Waals surface area (Å²) in [6.07, 6.45) is 0. The van der Waals surface area contributed by atoms with Gasteiger partial charge in [-0.1, -0.05) is 6.07 Å². The van der Waals surface area contributed by atoms with E-state index in [2.05, 4.69) is 20.1 Å². The number of hydrogen-bond donors (Lipinski definition) is 2. The first-order chi connectivity index (χ1) is 12.7. The largest absolute Gasteiger partial charge is 0.366 e. The summed E-state index contributed by atoms with van der Waals surface area (Å²) in [7, 11) is 1.85. The molecule has 0 spiro atoms. The average molecular weight is 406 g/mol. The Bertz CT molecular complexity index is 970. The van der Waals surface area contributed by atoms with Crippen LogP contribution in [0.4, 0.5) is 0 Å². The molecular weight excluding hydrogens is 386 g/mol. The molecule has 1 saturated heterocycles. The van der Waals surface area contributed by atoms with Crippen molar-refractivity contribution in [1.29, 1.82) is 0 Å². The summed E-state index contributed by atoms with van der Waals surface area (Å²) in [6.45, 7) is 4.21. The van der Waals surface area contributed by atoms with Crippen LogP contribution in [0.15, 0.2) is 27.7 Å². The van der Waals surface area contributed by atoms with Crippen molar-refractivity contribution >= 4 is 50.2 Å². The van der Waals surface area contributed by atoms with E-state index < -0.39 is 0 Å². The number of thiocarbonyl (C=S) groups is 1. The Balaban J connectivity index is 1.52. The quantitative estimate of drug-likeness (QED) is 0.652. The molecule has 1 aliphatic heterocycles. The molecule has 1 fully saturated rings. The predicted molar refractivity (Wildman–Crippen MR) is 112 cm³/mol. The molecule has 0 saturated carbocycles. The molecule has 0 aromatic carbocycles. The lowest BCUT2D eigenvalue weighted by Gasteiger charge is -2.35. The van der Waals surface area contributed by atoms with Crippen LogP contribution in [0.25, 0.3) is 20.7 Å². The minimum Gasteiger partial charge on any atom is -0.366 e. The number of nitrogens with one attached hydrogen (secondary N) is 2. The molecule has 2 N–H and O–H groups in total. The molecule has 0 atom stereocenters. The Labute approximate surface area is 164 Å². The van der Waals surface area contributed by atoms with Gasteiger partial charge < -0.3 is 15.2 Å². The first-order valence-corrected chi connectivity index (χ1v) is 10.6. The average Bonchev–Trinajstić information content (AvgIpc) is 3.31. The molecule has 3 aromatic heterocycles. The van der Waals surface area contributed by atoms with Crippen LogP contribution in [0.1, 0.15) is 5.82 Å². The van der Waals surface area contributed by atoms with E-state index in [4.69, 9.17) is 17.2 Å². The molecule has 0 unspecified atom stereocenters. The van der Waals surface area contributed by atoms with Crippen LogP contribution in [0.3, 0.4) is 0 Å². The number of piperazine rings is 1. The van der Waals surface area contributed by atoms with Crippen LogP contribution in [0, 0.1) is 0 Å². The molecule has 0 bridgehead atoms. The van der Waals surface area contributed by atoms with Crippen LogP contribution in [-0.2, 0) is 6.54 Å². The highest BCUT2D eigenvalue weighted by molar-refractivity contribution is 7.80. The van der Waals surface area contributed by atoms with Crippen molar-refractivity contribution in [3.8, 4) is 10.4 Å². The molecule has 6 nitrogen and oxygen atoms in total. The van der Waals surface area contributed by atoms with Gasteiger partial charge in [0.15, 0.2) is 5.11 Å². The van der Waals surface area contributed by atoms with E-state index in [1.54, 1.807) is 11.3 Å². The maximum Gasteiger partial charge on any atom is 0.260 e. The fraction of sp³-hybridized carbons (Fsp3) is 0.353. The molecule has 9 heteroatoms. The number of hydrogen-bond acceptors (Lipinski definition) is 6. The van der Waals surface area contributed by atoms with Crippen LogP contribution < -0.4 is 10.9 Å². The van der Waals surface area contributed by atoms with Gasteiger partial charge in [-0.05, 0) is 23.7 Å². The third-order valence-corrected chi connectivity index (χ3v) is 6.76. The molecule has 3 aromatic rings. The number of nitrogens with zero attached hydrogens (tertiary/aromatic N) is 3. The second-order valence-electron chi connectivity index (χ2n) is 6.14. The van der Waals surface area contributed by atoms with E-state index in [1.807, 2.05) is 29.9 Å². The Morgan fingerprint density at radius 1 is 1.35 bits per heavy atom. The van der Waals surface area contributed by atoms with Crippen molar-refractivity contribution < 1.29 is 0 Å². The van der Waals surface area contributed by atoms with Crippen molar-refractivity contribution in [2.75, 3.05) is 33.2 Å². The van der Waals surface area contributed by atoms with Gasteiger partial charge in [-0.3, -0.25) is 9.69 Å². The molecule has 0 aliphatic carbocycles. The Hall–Kier alpha value is -1.81. The smallest absolute Gasteiger partial charge is 0.260 e. The van der Waals surface area contributed by atoms with Crippen molar-refractivity contribution in [3.63, 3.8) is 0 Å². The van der Waals surface area contributed by atoms with E-state index in [9.17, 15) is 4.79 Å². The standard InChI is InChI=1S/C17H19N5OS3/c1-18-17(24)22-6-4-21(5-7-22)9-13-19-15(23)14-11(10-26-16(14)20-13)12-3-2-8-25-12/h2-3,8,10H,4-7,9H2,1H3,(H,18,24)(H,19,20,23). The zero-order chi connectivity index (χ0) is 18.1. The van der Waals surface area contributed by atoms with Gasteiger partial charge in [0.05, 0.1) is 11.9 Å². The molecule has 4 rings (SSSR count). The number of fused-ring (bicyclic) bond motifs is 1. The maximum atomic E-state index is 12.7. The third-order valence-electron chi connectivity index (χ3n) is 4.53. The van der Waals surface area contributed by atoms with E-state index in [0.29, 0.717) is 11.9 Å². The number of H-pyrrole nitrogens is 1. The molecular formula is C17H19N5OS3. The highest BCUT2D eigenvalue weighted by Gasteiger charge is 2.20. The van der Waals surface area contributed by atoms with E-state index in [1.165, 1.54) is 11.3 Å². The van der Waals surface area contributed by atoms with Gasteiger partial charge in [-0.2, -0.15) is 0 Å².